The summed E-state index contributed by atoms with van der Waals surface area (Å²) in [6.07, 6.45) is 1.11. The monoisotopic (exact) mass is 448 g/mol. The molecule has 166 valence electrons. The highest BCUT2D eigenvalue weighted by Crippen LogP contribution is 2.40. The summed E-state index contributed by atoms with van der Waals surface area (Å²) >= 11 is 1.52. The van der Waals surface area contributed by atoms with Gasteiger partial charge in [-0.15, -0.1) is 11.3 Å². The molecule has 0 radical (unpaired) electrons. The second-order valence-corrected chi connectivity index (χ2v) is 10.3. The number of hydrogen-bond donors (Lipinski definition) is 1. The molecule has 0 atom stereocenters. The maximum Gasteiger partial charge on any atom is 0.307 e. The van der Waals surface area contributed by atoms with E-state index in [1.54, 1.807) is 0 Å². The number of hydrogen-bond acceptors (Lipinski definition) is 5. The number of thiazole rings is 1. The molecule has 0 aliphatic heterocycles. The van der Waals surface area contributed by atoms with Crippen LogP contribution >= 0.6 is 11.3 Å². The third kappa shape index (κ3) is 5.07. The van der Waals surface area contributed by atoms with Crippen LogP contribution in [0.3, 0.4) is 0 Å². The molecule has 32 heavy (non-hydrogen) atoms. The van der Waals surface area contributed by atoms with E-state index < -0.39 is 11.0 Å². The van der Waals surface area contributed by atoms with E-state index in [0.717, 1.165) is 27.4 Å². The minimum Gasteiger partial charge on any atom is -0.460 e. The van der Waals surface area contributed by atoms with Gasteiger partial charge < -0.3 is 10.1 Å². The Balaban J connectivity index is 1.49. The third-order valence-electron chi connectivity index (χ3n) is 5.58. The predicted octanol–water partition coefficient (Wildman–Crippen LogP) is 4.94. The standard InChI is InChI=1S/C26H28N2O3S/c1-25(2,3)31-23(29)15-26(13-19-11-7-8-12-20(19)14-26)24(30)27-16-22-28-21(17-32-22)18-9-5-4-6-10-18/h4-12,17H,13-16H2,1-3H3,(H,27,30). The van der Waals surface area contributed by atoms with Crippen LogP contribution in [0.1, 0.15) is 43.3 Å². The maximum atomic E-state index is 13.4. The average Bonchev–Trinajstić information content (AvgIpc) is 3.36. The lowest BCUT2D eigenvalue weighted by molar-refractivity contribution is -0.160. The van der Waals surface area contributed by atoms with Crippen molar-refractivity contribution in [2.45, 2.75) is 52.2 Å². The first kappa shape index (κ1) is 22.2. The fourth-order valence-electron chi connectivity index (χ4n) is 4.19. The van der Waals surface area contributed by atoms with Crippen molar-refractivity contribution in [1.82, 2.24) is 10.3 Å². The second-order valence-electron chi connectivity index (χ2n) is 9.34. The molecule has 0 fully saturated rings. The Morgan fingerprint density at radius 2 is 1.66 bits per heavy atom. The van der Waals surface area contributed by atoms with Crippen LogP contribution in [-0.2, 0) is 33.7 Å². The highest BCUT2D eigenvalue weighted by molar-refractivity contribution is 7.09. The molecule has 1 N–H and O–H groups in total. The predicted molar refractivity (Wildman–Crippen MR) is 126 cm³/mol. The van der Waals surface area contributed by atoms with E-state index in [0.29, 0.717) is 19.4 Å². The number of amides is 1. The van der Waals surface area contributed by atoms with Crippen LogP contribution in [0.15, 0.2) is 60.0 Å². The number of nitrogens with one attached hydrogen (secondary N) is 1. The Hall–Kier alpha value is -2.99. The van der Waals surface area contributed by atoms with Gasteiger partial charge >= 0.3 is 5.97 Å². The van der Waals surface area contributed by atoms with Gasteiger partial charge in [0.05, 0.1) is 24.1 Å². The molecule has 1 aliphatic carbocycles. The van der Waals surface area contributed by atoms with Gasteiger partial charge in [0.2, 0.25) is 5.91 Å². The van der Waals surface area contributed by atoms with Gasteiger partial charge in [-0.3, -0.25) is 9.59 Å². The van der Waals surface area contributed by atoms with Crippen molar-refractivity contribution in [2.24, 2.45) is 5.41 Å². The zero-order valence-electron chi connectivity index (χ0n) is 18.7. The molecule has 3 aromatic rings. The Kier molecular flexibility index (Phi) is 6.15. The quantitative estimate of drug-likeness (QED) is 0.542. The third-order valence-corrected chi connectivity index (χ3v) is 6.43. The van der Waals surface area contributed by atoms with Crippen LogP contribution in [0.25, 0.3) is 11.3 Å². The van der Waals surface area contributed by atoms with E-state index in [-0.39, 0.29) is 18.3 Å². The Bertz CT molecular complexity index is 1090. The lowest BCUT2D eigenvalue weighted by Gasteiger charge is -2.29. The van der Waals surface area contributed by atoms with Gasteiger partial charge in [-0.05, 0) is 44.7 Å². The van der Waals surface area contributed by atoms with E-state index >= 15 is 0 Å². The van der Waals surface area contributed by atoms with Crippen LogP contribution in [0.4, 0.5) is 0 Å². The fraction of sp³-hybridized carbons (Fsp3) is 0.346. The summed E-state index contributed by atoms with van der Waals surface area (Å²) in [5.74, 6) is -0.475. The highest BCUT2D eigenvalue weighted by Gasteiger charge is 2.46. The van der Waals surface area contributed by atoms with Crippen molar-refractivity contribution in [3.8, 4) is 11.3 Å². The SMILES string of the molecule is CC(C)(C)OC(=O)CC1(C(=O)NCc2nc(-c3ccccc3)cs2)Cc2ccccc2C1. The molecule has 0 unspecified atom stereocenters. The van der Waals surface area contributed by atoms with Crippen molar-refractivity contribution in [1.29, 1.82) is 0 Å². The van der Waals surface area contributed by atoms with Crippen LogP contribution in [0, 0.1) is 5.41 Å². The number of carbonyl (C=O) groups is 2. The van der Waals surface area contributed by atoms with Gasteiger partial charge in [-0.2, -0.15) is 0 Å². The molecule has 0 spiro atoms. The van der Waals surface area contributed by atoms with Crippen LogP contribution in [0.2, 0.25) is 0 Å². The van der Waals surface area contributed by atoms with E-state index in [1.165, 1.54) is 11.3 Å². The summed E-state index contributed by atoms with van der Waals surface area (Å²) in [6.45, 7) is 5.86. The molecule has 2 aromatic carbocycles. The number of ether oxygens (including phenoxy) is 1. The lowest BCUT2D eigenvalue weighted by Crippen LogP contribution is -2.44. The average molecular weight is 449 g/mol. The van der Waals surface area contributed by atoms with Gasteiger partial charge in [-0.25, -0.2) is 4.98 Å². The molecular formula is C26H28N2O3S. The first-order valence-electron chi connectivity index (χ1n) is 10.8. The van der Waals surface area contributed by atoms with Gasteiger partial charge in [0.25, 0.3) is 0 Å². The second kappa shape index (κ2) is 8.87. The molecule has 4 rings (SSSR count). The zero-order chi connectivity index (χ0) is 22.8. The smallest absolute Gasteiger partial charge is 0.307 e. The van der Waals surface area contributed by atoms with Crippen molar-refractivity contribution < 1.29 is 14.3 Å². The van der Waals surface area contributed by atoms with E-state index in [2.05, 4.69) is 10.3 Å². The Labute approximate surface area is 192 Å². The molecule has 0 saturated heterocycles. The van der Waals surface area contributed by atoms with Crippen molar-refractivity contribution in [2.75, 3.05) is 0 Å². The summed E-state index contributed by atoms with van der Waals surface area (Å²) in [7, 11) is 0. The molecule has 5 nitrogen and oxygen atoms in total. The number of benzene rings is 2. The minimum atomic E-state index is -0.842. The van der Waals surface area contributed by atoms with Gasteiger partial charge in [0, 0.05) is 10.9 Å². The van der Waals surface area contributed by atoms with Gasteiger partial charge in [0.15, 0.2) is 0 Å². The number of aromatic nitrogens is 1. The molecule has 6 heteroatoms. The summed E-state index contributed by atoms with van der Waals surface area (Å²) in [5, 5.41) is 5.88. The van der Waals surface area contributed by atoms with Crippen molar-refractivity contribution in [3.05, 3.63) is 76.1 Å². The van der Waals surface area contributed by atoms with E-state index in [1.807, 2.05) is 80.7 Å². The number of rotatable bonds is 6. The normalized spacial score (nSPS) is 14.6. The summed E-state index contributed by atoms with van der Waals surface area (Å²) in [6, 6.07) is 18.0. The van der Waals surface area contributed by atoms with Gasteiger partial charge in [0.1, 0.15) is 10.6 Å². The molecule has 0 bridgehead atoms. The Morgan fingerprint density at radius 3 is 2.28 bits per heavy atom. The van der Waals surface area contributed by atoms with E-state index in [9.17, 15) is 9.59 Å². The molecule has 0 saturated carbocycles. The molecule has 1 aliphatic rings. The first-order chi connectivity index (χ1) is 15.2. The number of carbonyl (C=O) groups excluding carboxylic acids is 2. The largest absolute Gasteiger partial charge is 0.460 e. The van der Waals surface area contributed by atoms with Crippen LogP contribution < -0.4 is 5.32 Å². The summed E-state index contributed by atoms with van der Waals surface area (Å²) in [5.41, 5.74) is 2.75. The number of fused-ring (bicyclic) bond motifs is 1. The molecule has 1 aromatic heterocycles. The van der Waals surface area contributed by atoms with Crippen molar-refractivity contribution in [3.63, 3.8) is 0 Å². The molecule has 1 heterocycles. The number of esters is 1. The molecule has 1 amide bonds. The molecular weight excluding hydrogens is 420 g/mol. The van der Waals surface area contributed by atoms with E-state index in [4.69, 9.17) is 4.74 Å². The van der Waals surface area contributed by atoms with Gasteiger partial charge in [-0.1, -0.05) is 54.6 Å². The fourth-order valence-corrected chi connectivity index (χ4v) is 4.93. The first-order valence-corrected chi connectivity index (χ1v) is 11.7. The maximum absolute atomic E-state index is 13.4. The highest BCUT2D eigenvalue weighted by atomic mass is 32.1. The topological polar surface area (TPSA) is 68.3 Å². The summed E-state index contributed by atoms with van der Waals surface area (Å²) < 4.78 is 5.56. The van der Waals surface area contributed by atoms with Crippen LogP contribution in [-0.4, -0.2) is 22.5 Å². The minimum absolute atomic E-state index is 0.0535. The summed E-state index contributed by atoms with van der Waals surface area (Å²) in [4.78, 5) is 30.8. The Morgan fingerprint density at radius 1 is 1.03 bits per heavy atom. The lowest BCUT2D eigenvalue weighted by atomic mass is 9.80. The number of nitrogens with zero attached hydrogens (tertiary/aromatic N) is 1. The zero-order valence-corrected chi connectivity index (χ0v) is 19.5. The van der Waals surface area contributed by atoms with Crippen LogP contribution in [0.5, 0.6) is 0 Å². The van der Waals surface area contributed by atoms with Crippen molar-refractivity contribution >= 4 is 23.2 Å².